The van der Waals surface area contributed by atoms with Gasteiger partial charge in [0.15, 0.2) is 5.78 Å². The molecule has 0 spiro atoms. The van der Waals surface area contributed by atoms with Gasteiger partial charge in [0, 0.05) is 12.0 Å². The molecule has 3 atom stereocenters. The topological polar surface area (TPSA) is 81.6 Å². The largest absolute Gasteiger partial charge is 0.469 e. The molecule has 2 rings (SSSR count). The van der Waals surface area contributed by atoms with Crippen molar-refractivity contribution in [1.29, 1.82) is 0 Å². The van der Waals surface area contributed by atoms with Gasteiger partial charge in [-0.2, -0.15) is 0 Å². The van der Waals surface area contributed by atoms with Crippen LogP contribution in [0.3, 0.4) is 0 Å². The molecule has 0 amide bonds. The van der Waals surface area contributed by atoms with Gasteiger partial charge in [-0.05, 0) is 38.5 Å². The Labute approximate surface area is 121 Å². The van der Waals surface area contributed by atoms with Crippen LogP contribution in [0.4, 0.5) is 0 Å². The minimum atomic E-state index is -1.37. The van der Waals surface area contributed by atoms with Gasteiger partial charge in [-0.3, -0.25) is 4.79 Å². The van der Waals surface area contributed by atoms with Crippen molar-refractivity contribution in [3.8, 4) is 0 Å². The Kier molecular flexibility index (Phi) is 6.02. The molecule has 1 unspecified atom stereocenters. The van der Waals surface area contributed by atoms with E-state index in [9.17, 15) is 4.79 Å². The average Bonchev–Trinajstić information content (AvgIpc) is 2.95. The van der Waals surface area contributed by atoms with E-state index in [1.54, 1.807) is 0 Å². The van der Waals surface area contributed by atoms with E-state index in [-0.39, 0.29) is 17.8 Å². The number of ketones is 1. The molecular formula is C14H27BN2O3. The van der Waals surface area contributed by atoms with Crippen LogP contribution in [0.1, 0.15) is 51.9 Å². The average molecular weight is 282 g/mol. The van der Waals surface area contributed by atoms with Gasteiger partial charge < -0.3 is 20.7 Å². The molecule has 2 fully saturated rings. The number of hydrogen-bond acceptors (Lipinski definition) is 5. The quantitative estimate of drug-likeness (QED) is 0.525. The van der Waals surface area contributed by atoms with E-state index in [0.717, 1.165) is 0 Å². The van der Waals surface area contributed by atoms with Crippen molar-refractivity contribution < 1.29 is 14.8 Å². The number of nitrogens with one attached hydrogen (secondary N) is 2. The molecule has 1 saturated heterocycles. The highest BCUT2D eigenvalue weighted by Crippen LogP contribution is 2.26. The van der Waals surface area contributed by atoms with Crippen LogP contribution in [0, 0.1) is 5.92 Å². The molecule has 0 radical (unpaired) electrons. The monoisotopic (exact) mass is 282 g/mol. The lowest BCUT2D eigenvalue weighted by Gasteiger charge is -2.28. The predicted octanol–water partition coefficient (Wildman–Crippen LogP) is 0.246. The zero-order valence-electron chi connectivity index (χ0n) is 12.3. The first-order chi connectivity index (χ1) is 9.58. The molecule has 2 aliphatic rings. The van der Waals surface area contributed by atoms with Crippen LogP contribution in [0.2, 0.25) is 0 Å². The summed E-state index contributed by atoms with van der Waals surface area (Å²) in [4.78, 5) is 12.1. The first-order valence-electron chi connectivity index (χ1n) is 7.96. The van der Waals surface area contributed by atoms with Gasteiger partial charge in [0.05, 0.1) is 12.6 Å². The zero-order valence-corrected chi connectivity index (χ0v) is 12.3. The molecule has 5 nitrogen and oxygen atoms in total. The highest BCUT2D eigenvalue weighted by molar-refractivity contribution is 6.43. The lowest BCUT2D eigenvalue weighted by molar-refractivity contribution is -0.120. The third-order valence-electron chi connectivity index (χ3n) is 4.89. The summed E-state index contributed by atoms with van der Waals surface area (Å²) in [5.74, 6) is 0.468. The Hall–Kier alpha value is -0.425. The molecule has 0 aromatic rings. The van der Waals surface area contributed by atoms with E-state index in [1.165, 1.54) is 32.1 Å². The summed E-state index contributed by atoms with van der Waals surface area (Å²) in [6.45, 7) is 2.55. The van der Waals surface area contributed by atoms with Gasteiger partial charge >= 0.3 is 7.12 Å². The highest BCUT2D eigenvalue weighted by atomic mass is 16.4. The second-order valence-corrected chi connectivity index (χ2v) is 6.35. The van der Waals surface area contributed by atoms with E-state index in [4.69, 9.17) is 10.0 Å². The van der Waals surface area contributed by atoms with Crippen molar-refractivity contribution in [3.63, 3.8) is 0 Å². The maximum atomic E-state index is 12.1. The Morgan fingerprint density at radius 1 is 1.25 bits per heavy atom. The van der Waals surface area contributed by atoms with Crippen LogP contribution >= 0.6 is 0 Å². The molecule has 1 heterocycles. The molecular weight excluding hydrogens is 255 g/mol. The lowest BCUT2D eigenvalue weighted by Crippen LogP contribution is -2.47. The van der Waals surface area contributed by atoms with Crippen LogP contribution in [0.15, 0.2) is 0 Å². The fourth-order valence-corrected chi connectivity index (χ4v) is 3.45. The third-order valence-corrected chi connectivity index (χ3v) is 4.89. The third kappa shape index (κ3) is 4.28. The summed E-state index contributed by atoms with van der Waals surface area (Å²) >= 11 is 0. The molecule has 6 heteroatoms. The fraction of sp³-hybridized carbons (Fsp3) is 0.929. The van der Waals surface area contributed by atoms with Crippen molar-refractivity contribution in [2.75, 3.05) is 6.54 Å². The highest BCUT2D eigenvalue weighted by Gasteiger charge is 2.35. The summed E-state index contributed by atoms with van der Waals surface area (Å²) in [6.07, 6.45) is 7.84. The van der Waals surface area contributed by atoms with E-state index >= 15 is 0 Å². The molecule has 0 aromatic carbocycles. The van der Waals surface area contributed by atoms with Crippen LogP contribution in [-0.2, 0) is 4.79 Å². The van der Waals surface area contributed by atoms with Crippen LogP contribution < -0.4 is 10.6 Å². The summed E-state index contributed by atoms with van der Waals surface area (Å²) in [5.41, 5.74) is 0. The Morgan fingerprint density at radius 2 is 1.95 bits per heavy atom. The molecule has 0 aromatic heterocycles. The minimum Gasteiger partial charge on any atom is -0.426 e. The molecule has 114 valence electrons. The van der Waals surface area contributed by atoms with Gasteiger partial charge in [0.2, 0.25) is 0 Å². The summed E-state index contributed by atoms with van der Waals surface area (Å²) in [5, 5.41) is 24.6. The lowest BCUT2D eigenvalue weighted by atomic mass is 9.79. The second-order valence-electron chi connectivity index (χ2n) is 6.35. The minimum absolute atomic E-state index is 0.135. The van der Waals surface area contributed by atoms with Crippen molar-refractivity contribution >= 4 is 12.9 Å². The molecule has 4 N–H and O–H groups in total. The number of carbonyl (C=O) groups is 1. The molecule has 1 aliphatic carbocycles. The van der Waals surface area contributed by atoms with Gasteiger partial charge in [0.1, 0.15) is 0 Å². The number of rotatable bonds is 6. The predicted molar refractivity (Wildman–Crippen MR) is 79.2 cm³/mol. The first-order valence-corrected chi connectivity index (χ1v) is 7.96. The fourth-order valence-electron chi connectivity index (χ4n) is 3.45. The molecule has 0 bridgehead atoms. The van der Waals surface area contributed by atoms with Crippen molar-refractivity contribution in [1.82, 2.24) is 10.6 Å². The maximum absolute atomic E-state index is 12.1. The van der Waals surface area contributed by atoms with Crippen molar-refractivity contribution in [3.05, 3.63) is 0 Å². The Balaban J connectivity index is 1.69. The van der Waals surface area contributed by atoms with Crippen LogP contribution in [0.5, 0.6) is 0 Å². The second kappa shape index (κ2) is 7.55. The summed E-state index contributed by atoms with van der Waals surface area (Å²) in [7, 11) is -1.37. The van der Waals surface area contributed by atoms with Gasteiger partial charge in [-0.1, -0.05) is 19.3 Å². The van der Waals surface area contributed by atoms with E-state index < -0.39 is 7.12 Å². The number of hydrogen-bond donors (Lipinski definition) is 4. The molecule has 1 saturated carbocycles. The summed E-state index contributed by atoms with van der Waals surface area (Å²) in [6, 6.07) is 0.160. The van der Waals surface area contributed by atoms with Crippen LogP contribution in [-0.4, -0.2) is 47.5 Å². The smallest absolute Gasteiger partial charge is 0.426 e. The number of Topliss-reactive ketones (excluding diaryl/α,β-unsaturated/α-hetero) is 1. The Morgan fingerprint density at radius 3 is 2.55 bits per heavy atom. The maximum Gasteiger partial charge on any atom is 0.469 e. The van der Waals surface area contributed by atoms with Crippen molar-refractivity contribution in [2.45, 2.75) is 69.9 Å². The van der Waals surface area contributed by atoms with Gasteiger partial charge in [-0.15, -0.1) is 0 Å². The van der Waals surface area contributed by atoms with E-state index in [2.05, 4.69) is 17.6 Å². The van der Waals surface area contributed by atoms with Crippen molar-refractivity contribution in [2.24, 2.45) is 5.92 Å². The van der Waals surface area contributed by atoms with E-state index in [0.29, 0.717) is 31.3 Å². The molecule has 20 heavy (non-hydrogen) atoms. The number of carbonyl (C=O) groups excluding carboxylic acids is 1. The molecule has 1 aliphatic heterocycles. The zero-order chi connectivity index (χ0) is 14.5. The van der Waals surface area contributed by atoms with E-state index in [1.807, 2.05) is 0 Å². The van der Waals surface area contributed by atoms with Crippen LogP contribution in [0.25, 0.3) is 0 Å². The normalized spacial score (nSPS) is 29.4. The summed E-state index contributed by atoms with van der Waals surface area (Å²) < 4.78 is 0. The first kappa shape index (κ1) is 16.0. The van der Waals surface area contributed by atoms with Gasteiger partial charge in [0.25, 0.3) is 0 Å². The Bertz CT molecular complexity index is 322. The SMILES string of the molecule is C[C@@H](NCC(=O)C1CC[C@@H](B(O)O)N1)C1CCCCC1. The standard InChI is InChI=1S/C14H27BN2O3/c1-10(11-5-3-2-4-6-11)16-9-13(18)12-7-8-14(17-12)15(19)20/h10-12,14,16-17,19-20H,2-9H2,1H3/t10-,12?,14+/m1/s1. The van der Waals surface area contributed by atoms with Gasteiger partial charge in [-0.25, -0.2) is 0 Å².